The Bertz CT molecular complexity index is 7320. The van der Waals surface area contributed by atoms with Gasteiger partial charge in [-0.2, -0.15) is 0 Å². The van der Waals surface area contributed by atoms with Crippen LogP contribution in [0.1, 0.15) is 0 Å². The van der Waals surface area contributed by atoms with E-state index < -0.39 is 0 Å². The lowest BCUT2D eigenvalue weighted by Crippen LogP contribution is -2.00. The predicted octanol–water partition coefficient (Wildman–Crippen LogP) is 29.6. The molecule has 0 radical (unpaired) electrons. The standard InChI is InChI=1S/C57H37N3O.C56H36N4O/c1-5-15-38(16-6-1)40-25-29-42(30-26-40)50-37-51(60-57(59-50)47-35-27-41(28-36-47)39-17-7-2-8-18-39)43-31-33-44(34-32-43)52-53-48-23-13-14-24-49(48)58-54(45-19-9-3-10-20-45)56(53)61-55(52)46-21-11-4-12-22-46;1-5-17-37(18-6-1)43-25-15-27-45(35-43)55-58-54(59-56(60-55)46-28-16-26-44(36-46)38-19-7-2-8-20-38)42-33-31-39(32-34-42)49-50-47-29-13-14-30-48(47)57-51(40-21-9-3-10-22-40)53(50)61-52(49)41-23-11-4-12-24-41/h1-37H;1-36H. The topological polar surface area (TPSA) is 117 Å². The average Bonchev–Trinajstić information content (AvgIpc) is 1.57. The number of hydrogen-bond acceptors (Lipinski definition) is 9. The molecular weight excluding hydrogens is 1490 g/mol. The molecule has 22 aromatic rings. The molecule has 6 heterocycles. The highest BCUT2D eigenvalue weighted by Gasteiger charge is 2.28. The Labute approximate surface area is 705 Å². The second-order valence-corrected chi connectivity index (χ2v) is 30.1. The van der Waals surface area contributed by atoms with Crippen LogP contribution in [-0.2, 0) is 0 Å². The number of para-hydroxylation sites is 2. The van der Waals surface area contributed by atoms with E-state index in [1.807, 2.05) is 97.1 Å². The fourth-order valence-electron chi connectivity index (χ4n) is 16.4. The zero-order valence-electron chi connectivity index (χ0n) is 66.1. The summed E-state index contributed by atoms with van der Waals surface area (Å²) in [6, 6.07) is 153. The van der Waals surface area contributed by atoms with Gasteiger partial charge in [0, 0.05) is 88.3 Å². The van der Waals surface area contributed by atoms with Gasteiger partial charge in [0.1, 0.15) is 22.9 Å². The van der Waals surface area contributed by atoms with Crippen molar-refractivity contribution in [3.05, 3.63) is 443 Å². The van der Waals surface area contributed by atoms with Crippen LogP contribution in [0.4, 0.5) is 0 Å². The van der Waals surface area contributed by atoms with Crippen LogP contribution in [0, 0.1) is 0 Å². The average molecular weight is 1560 g/mol. The Morgan fingerprint density at radius 3 is 0.754 bits per heavy atom. The van der Waals surface area contributed by atoms with E-state index in [4.69, 9.17) is 43.7 Å². The Morgan fingerprint density at radius 2 is 0.402 bits per heavy atom. The predicted molar refractivity (Wildman–Crippen MR) is 499 cm³/mol. The second kappa shape index (κ2) is 32.5. The van der Waals surface area contributed by atoms with Gasteiger partial charge >= 0.3 is 0 Å². The number of pyridine rings is 2. The van der Waals surface area contributed by atoms with E-state index in [1.54, 1.807) is 0 Å². The van der Waals surface area contributed by atoms with E-state index in [1.165, 1.54) is 11.1 Å². The summed E-state index contributed by atoms with van der Waals surface area (Å²) in [6.45, 7) is 0. The summed E-state index contributed by atoms with van der Waals surface area (Å²) in [6.07, 6.45) is 0. The zero-order chi connectivity index (χ0) is 81.1. The van der Waals surface area contributed by atoms with Crippen LogP contribution in [0.15, 0.2) is 452 Å². The van der Waals surface area contributed by atoms with Crippen molar-refractivity contribution in [1.82, 2.24) is 34.9 Å². The molecular formula is C113H73N7O2. The molecule has 6 aromatic heterocycles. The van der Waals surface area contributed by atoms with Crippen LogP contribution in [0.2, 0.25) is 0 Å². The SMILES string of the molecule is c1ccc(-c2ccc(-c3cc(-c4ccc(-c5c(-c6ccccc6)oc6c(-c7ccccc7)nc7ccccc7c56)cc4)nc(-c4ccc(-c5ccccc5)cc4)n3)cc2)cc1.c1ccc(-c2cccc(-c3nc(-c4ccc(-c5c(-c6ccccc6)oc6c(-c7ccccc7)nc7ccccc7c56)cc4)nc(-c4cccc(-c5ccccc5)c4)n3)c2)cc1. The monoisotopic (exact) mass is 1560 g/mol. The third-order valence-electron chi connectivity index (χ3n) is 22.5. The molecule has 0 aliphatic heterocycles. The third-order valence-corrected chi connectivity index (χ3v) is 22.5. The second-order valence-electron chi connectivity index (χ2n) is 30.1. The Hall–Kier alpha value is -16.5. The first kappa shape index (κ1) is 73.2. The van der Waals surface area contributed by atoms with Crippen molar-refractivity contribution in [3.63, 3.8) is 0 Å². The summed E-state index contributed by atoms with van der Waals surface area (Å²) < 4.78 is 13.9. The molecule has 0 fully saturated rings. The van der Waals surface area contributed by atoms with Gasteiger partial charge in [0.05, 0.1) is 22.4 Å². The lowest BCUT2D eigenvalue weighted by Gasteiger charge is -2.12. The first-order valence-electron chi connectivity index (χ1n) is 40.9. The lowest BCUT2D eigenvalue weighted by atomic mass is 9.94. The lowest BCUT2D eigenvalue weighted by molar-refractivity contribution is 0.632. The van der Waals surface area contributed by atoms with E-state index >= 15 is 0 Å². The van der Waals surface area contributed by atoms with Crippen molar-refractivity contribution in [3.8, 4) is 180 Å². The molecule has 9 heteroatoms. The Balaban J connectivity index is 0.000000150. The van der Waals surface area contributed by atoms with Crippen molar-refractivity contribution in [2.45, 2.75) is 0 Å². The zero-order valence-corrected chi connectivity index (χ0v) is 66.1. The van der Waals surface area contributed by atoms with Crippen molar-refractivity contribution in [1.29, 1.82) is 0 Å². The molecule has 9 nitrogen and oxygen atoms in total. The molecule has 0 saturated heterocycles. The molecule has 0 bridgehead atoms. The van der Waals surface area contributed by atoms with Gasteiger partial charge in [-0.05, 0) is 86.0 Å². The minimum atomic E-state index is 0.586. The Kier molecular flexibility index (Phi) is 19.5. The molecule has 572 valence electrons. The van der Waals surface area contributed by atoms with E-state index in [2.05, 4.69) is 346 Å². The molecule has 16 aromatic carbocycles. The summed E-state index contributed by atoms with van der Waals surface area (Å²) in [5, 5.41) is 4.14. The van der Waals surface area contributed by atoms with Crippen molar-refractivity contribution in [2.75, 3.05) is 0 Å². The minimum absolute atomic E-state index is 0.586. The Morgan fingerprint density at radius 1 is 0.156 bits per heavy atom. The summed E-state index contributed by atoms with van der Waals surface area (Å²) in [7, 11) is 0. The van der Waals surface area contributed by atoms with Gasteiger partial charge < -0.3 is 8.83 Å². The molecule has 0 N–H and O–H groups in total. The van der Waals surface area contributed by atoms with E-state index in [-0.39, 0.29) is 0 Å². The summed E-state index contributed by atoms with van der Waals surface area (Å²) >= 11 is 0. The van der Waals surface area contributed by atoms with Gasteiger partial charge in [0.15, 0.2) is 34.5 Å². The first-order chi connectivity index (χ1) is 60.5. The number of furan rings is 2. The molecule has 0 unspecified atom stereocenters. The smallest absolute Gasteiger partial charge is 0.164 e. The van der Waals surface area contributed by atoms with Crippen LogP contribution < -0.4 is 0 Å². The van der Waals surface area contributed by atoms with Crippen LogP contribution >= 0.6 is 0 Å². The van der Waals surface area contributed by atoms with Gasteiger partial charge in [-0.25, -0.2) is 34.9 Å². The quantitative estimate of drug-likeness (QED) is 0.0932. The summed E-state index contributed by atoms with van der Waals surface area (Å²) in [5.74, 6) is 4.06. The van der Waals surface area contributed by atoms with Crippen molar-refractivity contribution in [2.24, 2.45) is 0 Å². The molecule has 0 aliphatic carbocycles. The molecule has 0 spiro atoms. The maximum Gasteiger partial charge on any atom is 0.164 e. The van der Waals surface area contributed by atoms with E-state index in [0.29, 0.717) is 23.3 Å². The van der Waals surface area contributed by atoms with Crippen LogP contribution in [0.25, 0.3) is 224 Å². The molecule has 0 atom stereocenters. The summed E-state index contributed by atoms with van der Waals surface area (Å²) in [5.41, 5.74) is 29.5. The number of benzene rings is 16. The fourth-order valence-corrected chi connectivity index (χ4v) is 16.4. The van der Waals surface area contributed by atoms with Gasteiger partial charge in [-0.3, -0.25) is 0 Å². The first-order valence-corrected chi connectivity index (χ1v) is 40.9. The van der Waals surface area contributed by atoms with Crippen LogP contribution in [-0.4, -0.2) is 34.9 Å². The van der Waals surface area contributed by atoms with Crippen LogP contribution in [0.5, 0.6) is 0 Å². The molecule has 122 heavy (non-hydrogen) atoms. The highest BCUT2D eigenvalue weighted by atomic mass is 16.3. The van der Waals surface area contributed by atoms with E-state index in [9.17, 15) is 0 Å². The minimum Gasteiger partial charge on any atom is -0.453 e. The maximum absolute atomic E-state index is 6.97. The van der Waals surface area contributed by atoms with Crippen LogP contribution in [0.3, 0.4) is 0 Å². The normalized spacial score (nSPS) is 11.3. The highest BCUT2D eigenvalue weighted by Crippen LogP contribution is 2.50. The third kappa shape index (κ3) is 14.5. The molecule has 0 amide bonds. The van der Waals surface area contributed by atoms with Gasteiger partial charge in [-0.1, -0.05) is 413 Å². The number of fused-ring (bicyclic) bond motifs is 6. The maximum atomic E-state index is 6.97. The fraction of sp³-hybridized carbons (Fsp3) is 0. The van der Waals surface area contributed by atoms with Gasteiger partial charge in [-0.15, -0.1) is 0 Å². The molecule has 0 aliphatic rings. The van der Waals surface area contributed by atoms with Gasteiger partial charge in [0.2, 0.25) is 0 Å². The number of hydrogen-bond donors (Lipinski definition) is 0. The molecule has 22 rings (SSSR count). The van der Waals surface area contributed by atoms with Crippen molar-refractivity contribution < 1.29 is 8.83 Å². The largest absolute Gasteiger partial charge is 0.453 e. The van der Waals surface area contributed by atoms with Gasteiger partial charge in [0.25, 0.3) is 0 Å². The number of rotatable bonds is 16. The number of aromatic nitrogens is 7. The molecule has 0 saturated carbocycles. The summed E-state index contributed by atoms with van der Waals surface area (Å²) in [4.78, 5) is 36.2. The highest BCUT2D eigenvalue weighted by molar-refractivity contribution is 6.20. The number of nitrogens with zero attached hydrogens (tertiary/aromatic N) is 7. The van der Waals surface area contributed by atoms with E-state index in [0.717, 1.165) is 189 Å². The van der Waals surface area contributed by atoms with Crippen molar-refractivity contribution >= 4 is 43.7 Å².